The highest BCUT2D eigenvalue weighted by Crippen LogP contribution is 2.34. The van der Waals surface area contributed by atoms with E-state index in [-0.39, 0.29) is 5.91 Å². The molecule has 0 fully saturated rings. The van der Waals surface area contributed by atoms with Crippen molar-refractivity contribution in [3.05, 3.63) is 133 Å². The number of carbonyl (C=O) groups is 1. The van der Waals surface area contributed by atoms with Gasteiger partial charge in [-0.2, -0.15) is 5.10 Å². The minimum atomic E-state index is -0.202. The molecular formula is C35H32Cl3N3O2. The van der Waals surface area contributed by atoms with E-state index in [9.17, 15) is 4.79 Å². The van der Waals surface area contributed by atoms with Gasteiger partial charge in [0.15, 0.2) is 5.69 Å². The van der Waals surface area contributed by atoms with Gasteiger partial charge in [0.1, 0.15) is 12.4 Å². The Balaban J connectivity index is 1.43. The van der Waals surface area contributed by atoms with E-state index in [1.165, 1.54) is 5.56 Å². The monoisotopic (exact) mass is 631 g/mol. The molecule has 1 amide bonds. The van der Waals surface area contributed by atoms with Crippen molar-refractivity contribution in [1.82, 2.24) is 14.7 Å². The van der Waals surface area contributed by atoms with Gasteiger partial charge in [0.05, 0.1) is 16.4 Å². The van der Waals surface area contributed by atoms with E-state index in [2.05, 4.69) is 31.2 Å². The summed E-state index contributed by atoms with van der Waals surface area (Å²) in [6.07, 6.45) is 0. The molecule has 43 heavy (non-hydrogen) atoms. The highest BCUT2D eigenvalue weighted by molar-refractivity contribution is 6.35. The summed E-state index contributed by atoms with van der Waals surface area (Å²) >= 11 is 18.9. The number of carbonyl (C=O) groups excluding carboxylic acids is 1. The van der Waals surface area contributed by atoms with Crippen molar-refractivity contribution in [2.75, 3.05) is 7.05 Å². The minimum Gasteiger partial charge on any atom is -0.488 e. The maximum atomic E-state index is 13.9. The number of ether oxygens (including phenoxy) is 1. The summed E-state index contributed by atoms with van der Waals surface area (Å²) in [5, 5.41) is 6.34. The van der Waals surface area contributed by atoms with Crippen LogP contribution in [0.3, 0.4) is 0 Å². The number of aromatic nitrogens is 2. The van der Waals surface area contributed by atoms with Crippen LogP contribution in [0.4, 0.5) is 0 Å². The minimum absolute atomic E-state index is 0.202. The molecule has 5 nitrogen and oxygen atoms in total. The zero-order valence-electron chi connectivity index (χ0n) is 24.7. The Kier molecular flexibility index (Phi) is 9.16. The van der Waals surface area contributed by atoms with Crippen LogP contribution in [0.25, 0.3) is 16.9 Å². The number of amides is 1. The Morgan fingerprint density at radius 2 is 1.49 bits per heavy atom. The second kappa shape index (κ2) is 12.8. The third kappa shape index (κ3) is 6.59. The molecule has 0 aliphatic rings. The van der Waals surface area contributed by atoms with Crippen LogP contribution < -0.4 is 4.74 Å². The Morgan fingerprint density at radius 3 is 2.14 bits per heavy atom. The van der Waals surface area contributed by atoms with Gasteiger partial charge in [0.25, 0.3) is 5.91 Å². The molecule has 0 aliphatic carbocycles. The average molecular weight is 633 g/mol. The lowest BCUT2D eigenvalue weighted by Gasteiger charge is -2.19. The molecule has 8 heteroatoms. The molecule has 0 saturated heterocycles. The third-order valence-electron chi connectivity index (χ3n) is 7.50. The number of aryl methyl sites for hydroxylation is 3. The first kappa shape index (κ1) is 30.7. The molecule has 0 radical (unpaired) electrons. The summed E-state index contributed by atoms with van der Waals surface area (Å²) in [6, 6.07) is 25.0. The molecule has 1 aromatic heterocycles. The van der Waals surface area contributed by atoms with Crippen molar-refractivity contribution >= 4 is 40.7 Å². The predicted octanol–water partition coefficient (Wildman–Crippen LogP) is 9.58. The Morgan fingerprint density at radius 1 is 0.837 bits per heavy atom. The van der Waals surface area contributed by atoms with Crippen molar-refractivity contribution in [2.24, 2.45) is 0 Å². The second-order valence-corrected chi connectivity index (χ2v) is 12.1. The van der Waals surface area contributed by atoms with Crippen LogP contribution in [0.1, 0.15) is 43.9 Å². The summed E-state index contributed by atoms with van der Waals surface area (Å²) in [5.41, 5.74) is 8.70. The van der Waals surface area contributed by atoms with Crippen LogP contribution in [-0.2, 0) is 13.2 Å². The van der Waals surface area contributed by atoms with E-state index in [1.807, 2.05) is 57.2 Å². The van der Waals surface area contributed by atoms with Crippen LogP contribution >= 0.6 is 34.8 Å². The summed E-state index contributed by atoms with van der Waals surface area (Å²) < 4.78 is 7.93. The van der Waals surface area contributed by atoms with Gasteiger partial charge in [-0.15, -0.1) is 0 Å². The summed E-state index contributed by atoms with van der Waals surface area (Å²) in [5.74, 6) is 0.662. The second-order valence-electron chi connectivity index (χ2n) is 10.8. The van der Waals surface area contributed by atoms with E-state index in [1.54, 1.807) is 34.8 Å². The number of nitrogens with zero attached hydrogens (tertiary/aromatic N) is 3. The first-order chi connectivity index (χ1) is 20.5. The molecule has 1 heterocycles. The predicted molar refractivity (Wildman–Crippen MR) is 176 cm³/mol. The van der Waals surface area contributed by atoms with Gasteiger partial charge in [0.2, 0.25) is 0 Å². The standard InChI is InChI=1S/C35H32Cl3N3O2/c1-21-8-6-7-9-27(21)20-43-34-22(2)16-25(17-23(34)3)19-40(5)35(42)32-24(4)33(26-10-12-28(36)13-11-26)41(39-32)31-15-14-29(37)18-30(31)38/h6-18H,19-20H2,1-5H3. The quantitative estimate of drug-likeness (QED) is 0.171. The van der Waals surface area contributed by atoms with Crippen LogP contribution in [0.2, 0.25) is 15.1 Å². The van der Waals surface area contributed by atoms with Crippen LogP contribution in [0, 0.1) is 27.7 Å². The summed E-state index contributed by atoms with van der Waals surface area (Å²) in [4.78, 5) is 15.5. The van der Waals surface area contributed by atoms with E-state index in [0.29, 0.717) is 39.6 Å². The molecule has 0 saturated carbocycles. The molecule has 220 valence electrons. The van der Waals surface area contributed by atoms with Crippen LogP contribution in [0.5, 0.6) is 5.75 Å². The van der Waals surface area contributed by atoms with Crippen LogP contribution in [0.15, 0.2) is 78.9 Å². The molecule has 5 rings (SSSR count). The molecular weight excluding hydrogens is 601 g/mol. The van der Waals surface area contributed by atoms with Crippen LogP contribution in [-0.4, -0.2) is 27.6 Å². The fourth-order valence-electron chi connectivity index (χ4n) is 5.28. The fraction of sp³-hybridized carbons (Fsp3) is 0.200. The molecule has 0 aliphatic heterocycles. The first-order valence-electron chi connectivity index (χ1n) is 13.9. The number of halogens is 3. The summed E-state index contributed by atoms with van der Waals surface area (Å²) in [6.45, 7) is 8.95. The van der Waals surface area contributed by atoms with Crippen molar-refractivity contribution in [3.63, 3.8) is 0 Å². The van der Waals surface area contributed by atoms with Crippen molar-refractivity contribution in [2.45, 2.75) is 40.8 Å². The van der Waals surface area contributed by atoms with E-state index < -0.39 is 0 Å². The highest BCUT2D eigenvalue weighted by Gasteiger charge is 2.25. The van der Waals surface area contributed by atoms with Gasteiger partial charge in [-0.1, -0.05) is 83.3 Å². The number of hydrogen-bond acceptors (Lipinski definition) is 3. The normalized spacial score (nSPS) is 11.1. The van der Waals surface area contributed by atoms with Crippen molar-refractivity contribution in [1.29, 1.82) is 0 Å². The lowest BCUT2D eigenvalue weighted by Crippen LogP contribution is -2.27. The van der Waals surface area contributed by atoms with Crippen molar-refractivity contribution in [3.8, 4) is 22.7 Å². The summed E-state index contributed by atoms with van der Waals surface area (Å²) in [7, 11) is 1.78. The van der Waals surface area contributed by atoms with Crippen molar-refractivity contribution < 1.29 is 9.53 Å². The zero-order chi connectivity index (χ0) is 30.8. The molecule has 0 spiro atoms. The number of rotatable bonds is 8. The highest BCUT2D eigenvalue weighted by atomic mass is 35.5. The SMILES string of the molecule is Cc1ccccc1COc1c(C)cc(CN(C)C(=O)c2nn(-c3ccc(Cl)cc3Cl)c(-c3ccc(Cl)cc3)c2C)cc1C. The fourth-order valence-corrected chi connectivity index (χ4v) is 5.89. The molecule has 0 atom stereocenters. The van der Waals surface area contributed by atoms with Gasteiger partial charge in [-0.05, 0) is 85.8 Å². The van der Waals surface area contributed by atoms with Gasteiger partial charge in [-0.25, -0.2) is 4.68 Å². The van der Waals surface area contributed by atoms with Gasteiger partial charge in [0, 0.05) is 34.8 Å². The largest absolute Gasteiger partial charge is 0.488 e. The van der Waals surface area contributed by atoms with E-state index in [4.69, 9.17) is 44.6 Å². The third-order valence-corrected chi connectivity index (χ3v) is 8.29. The first-order valence-corrected chi connectivity index (χ1v) is 15.0. The topological polar surface area (TPSA) is 47.4 Å². The Bertz CT molecular complexity index is 1790. The zero-order valence-corrected chi connectivity index (χ0v) is 27.0. The van der Waals surface area contributed by atoms with Gasteiger partial charge in [-0.3, -0.25) is 4.79 Å². The lowest BCUT2D eigenvalue weighted by atomic mass is 10.0. The van der Waals surface area contributed by atoms with E-state index in [0.717, 1.165) is 44.8 Å². The molecule has 0 unspecified atom stereocenters. The average Bonchev–Trinajstić information content (AvgIpc) is 3.29. The molecule has 4 aromatic carbocycles. The van der Waals surface area contributed by atoms with Gasteiger partial charge < -0.3 is 9.64 Å². The smallest absolute Gasteiger partial charge is 0.274 e. The number of hydrogen-bond donors (Lipinski definition) is 0. The maximum Gasteiger partial charge on any atom is 0.274 e. The maximum absolute atomic E-state index is 13.9. The molecule has 0 bridgehead atoms. The number of benzene rings is 4. The lowest BCUT2D eigenvalue weighted by molar-refractivity contribution is 0.0778. The Labute approximate surface area is 267 Å². The van der Waals surface area contributed by atoms with E-state index >= 15 is 0 Å². The molecule has 0 N–H and O–H groups in total. The molecule has 5 aromatic rings. The Hall–Kier alpha value is -3.77. The van der Waals surface area contributed by atoms with Gasteiger partial charge >= 0.3 is 0 Å².